The summed E-state index contributed by atoms with van der Waals surface area (Å²) in [7, 11) is 0. The molecule has 1 aliphatic heterocycles. The molecule has 42 heavy (non-hydrogen) atoms. The zero-order valence-corrected chi connectivity index (χ0v) is 26.6. The van der Waals surface area contributed by atoms with E-state index in [-0.39, 0.29) is 6.90 Å². The average Bonchev–Trinajstić information content (AvgIpc) is 3.01. The fraction of sp³-hybridized carbons (Fsp3) is 0.839. The van der Waals surface area contributed by atoms with E-state index in [1.165, 1.54) is 69.2 Å². The Morgan fingerprint density at radius 3 is 1.26 bits per heavy atom. The highest BCUT2D eigenvalue weighted by Gasteiger charge is 2.56. The maximum Gasteiger partial charge on any atom is 0.313 e. The molecule has 11 heteroatoms. The minimum absolute atomic E-state index is 0.331. The van der Waals surface area contributed by atoms with Crippen molar-refractivity contribution in [2.45, 2.75) is 134 Å². The monoisotopic (exact) mass is 605 g/mol. The summed E-state index contributed by atoms with van der Waals surface area (Å²) in [6, 6.07) is 0. The third-order valence-electron chi connectivity index (χ3n) is 5.69. The summed E-state index contributed by atoms with van der Waals surface area (Å²) < 4.78 is 73.4. The zero-order chi connectivity index (χ0) is 36.8. The van der Waals surface area contributed by atoms with Crippen molar-refractivity contribution in [3.05, 3.63) is 0 Å². The van der Waals surface area contributed by atoms with E-state index in [4.69, 9.17) is 35.3 Å². The van der Waals surface area contributed by atoms with Gasteiger partial charge >= 0.3 is 29.8 Å². The van der Waals surface area contributed by atoms with Crippen molar-refractivity contribution in [1.29, 1.82) is 0 Å². The smallest absolute Gasteiger partial charge is 0.313 e. The van der Waals surface area contributed by atoms with Gasteiger partial charge in [-0.25, -0.2) is 0 Å². The van der Waals surface area contributed by atoms with Crippen molar-refractivity contribution in [1.82, 2.24) is 0 Å². The van der Waals surface area contributed by atoms with Crippen molar-refractivity contribution in [2.24, 2.45) is 27.1 Å². The number of carbonyl (C=O) groups is 5. The van der Waals surface area contributed by atoms with Crippen LogP contribution in [0.2, 0.25) is 0 Å². The number of hydrogen-bond donors (Lipinski definition) is 0. The number of rotatable bonds is 6. The minimum atomic E-state index is -1.86. The molecule has 11 nitrogen and oxygen atoms in total. The first-order chi connectivity index (χ1) is 21.4. The third-order valence-corrected chi connectivity index (χ3v) is 5.69. The van der Waals surface area contributed by atoms with Crippen LogP contribution in [0.3, 0.4) is 0 Å². The normalized spacial score (nSPS) is 25.4. The zero-order valence-electron chi connectivity index (χ0n) is 31.6. The molecule has 1 saturated heterocycles. The summed E-state index contributed by atoms with van der Waals surface area (Å²) in [5, 5.41) is 0. The number of hydrogen-bond acceptors (Lipinski definition) is 11. The minimum Gasteiger partial charge on any atom is -0.462 e. The highest BCUT2D eigenvalue weighted by molar-refractivity contribution is 5.78. The first-order valence-corrected chi connectivity index (χ1v) is 13.5. The topological polar surface area (TPSA) is 141 Å². The summed E-state index contributed by atoms with van der Waals surface area (Å²) in [5.41, 5.74) is -6.83. The molecular weight excluding hydrogens is 548 g/mol. The van der Waals surface area contributed by atoms with E-state index in [0.29, 0.717) is 0 Å². The highest BCUT2D eigenvalue weighted by atomic mass is 16.7. The van der Waals surface area contributed by atoms with Crippen molar-refractivity contribution < 1.29 is 59.2 Å². The quantitative estimate of drug-likeness (QED) is 0.305. The van der Waals surface area contributed by atoms with Crippen LogP contribution in [-0.2, 0) is 52.4 Å². The van der Waals surface area contributed by atoms with Gasteiger partial charge in [-0.2, -0.15) is 0 Å². The van der Waals surface area contributed by atoms with Gasteiger partial charge in [0.25, 0.3) is 0 Å². The van der Waals surface area contributed by atoms with E-state index in [1.54, 1.807) is 0 Å². The van der Waals surface area contributed by atoms with Gasteiger partial charge in [-0.05, 0) is 104 Å². The Hall–Kier alpha value is -2.69. The van der Waals surface area contributed by atoms with E-state index >= 15 is 0 Å². The molecular formula is C31H52O11. The summed E-state index contributed by atoms with van der Waals surface area (Å²) in [5.74, 6) is -4.64. The molecule has 1 rings (SSSR count). The van der Waals surface area contributed by atoms with Crippen molar-refractivity contribution in [2.75, 3.05) is 6.61 Å². The van der Waals surface area contributed by atoms with Gasteiger partial charge in [0.15, 0.2) is 12.2 Å². The largest absolute Gasteiger partial charge is 0.462 e. The molecule has 0 amide bonds. The molecule has 1 fully saturated rings. The van der Waals surface area contributed by atoms with Gasteiger partial charge in [0, 0.05) is 6.85 Å². The van der Waals surface area contributed by atoms with Crippen LogP contribution in [-0.4, -0.2) is 67.2 Å². The maximum absolute atomic E-state index is 13.4. The van der Waals surface area contributed by atoms with Gasteiger partial charge in [0.05, 0.1) is 27.1 Å². The van der Waals surface area contributed by atoms with Gasteiger partial charge in [-0.3, -0.25) is 24.0 Å². The Morgan fingerprint density at radius 1 is 0.524 bits per heavy atom. The third kappa shape index (κ3) is 10.5. The summed E-state index contributed by atoms with van der Waals surface area (Å²) >= 11 is 0. The number of ether oxygens (including phenoxy) is 6. The Labute approximate surface area is 257 Å². The molecule has 0 spiro atoms. The molecule has 5 atom stereocenters. The lowest BCUT2D eigenvalue weighted by atomic mass is 9.92. The lowest BCUT2D eigenvalue weighted by molar-refractivity contribution is -0.306. The van der Waals surface area contributed by atoms with E-state index in [9.17, 15) is 24.0 Å². The van der Waals surface area contributed by atoms with Crippen LogP contribution in [0.15, 0.2) is 0 Å². The second kappa shape index (κ2) is 12.9. The lowest BCUT2D eigenvalue weighted by Crippen LogP contribution is -2.64. The van der Waals surface area contributed by atoms with E-state index < -0.39 is 122 Å². The fourth-order valence-electron chi connectivity index (χ4n) is 2.98. The van der Waals surface area contributed by atoms with E-state index in [2.05, 4.69) is 0 Å². The van der Waals surface area contributed by atoms with Crippen LogP contribution in [0.25, 0.3) is 0 Å². The van der Waals surface area contributed by atoms with Gasteiger partial charge in [-0.15, -0.1) is 0 Å². The molecule has 1 aliphatic rings. The molecule has 0 radical (unpaired) electrons. The standard InChI is InChI=1S/C31H52O11/c1-27(2,3)22(32)37-16-17-18(39-23(33)28(4,5)6)19(40-24(34)29(7,8)9)20(41-25(35)30(10,11)12)21(38-17)42-26(36)31(13,14)15/h17-21H,16H2,1-15H3/t17-,18+,19+,20-,21?/m1/s1/i1D,4D,7D,10D,13D. The first kappa shape index (κ1) is 29.4. The lowest BCUT2D eigenvalue weighted by Gasteiger charge is -2.45. The van der Waals surface area contributed by atoms with Crippen LogP contribution in [0.1, 0.15) is 111 Å². The van der Waals surface area contributed by atoms with Crippen LogP contribution < -0.4 is 0 Å². The molecule has 0 aliphatic carbocycles. The predicted octanol–water partition coefficient (Wildman–Crippen LogP) is 4.76. The molecule has 242 valence electrons. The fourth-order valence-corrected chi connectivity index (χ4v) is 2.98. The second-order valence-electron chi connectivity index (χ2n) is 14.1. The SMILES string of the molecule is [2H]CC(C)(C)C(=O)OC[C@H]1OC(OC(=O)C(C)(C)C[2H])[C@H](OC(=O)C(C)(C)C[2H])[C@@H](OC(=O)C(C)(C)C[2H])[C@H]1OC(=O)C(C)(C)C[2H]. The van der Waals surface area contributed by atoms with E-state index in [0.717, 1.165) is 0 Å². The van der Waals surface area contributed by atoms with Crippen molar-refractivity contribution in [3.8, 4) is 0 Å². The van der Waals surface area contributed by atoms with Crippen LogP contribution >= 0.6 is 0 Å². The van der Waals surface area contributed by atoms with Gasteiger partial charge in [0.2, 0.25) is 12.4 Å². The molecule has 0 saturated carbocycles. The van der Waals surface area contributed by atoms with Crippen LogP contribution in [0.5, 0.6) is 0 Å². The highest BCUT2D eigenvalue weighted by Crippen LogP contribution is 2.35. The number of esters is 5. The Bertz CT molecular complexity index is 1140. The first-order valence-electron chi connectivity index (χ1n) is 17.0. The number of carbonyl (C=O) groups excluding carboxylic acids is 5. The molecule has 0 aromatic carbocycles. The van der Waals surface area contributed by atoms with Gasteiger partial charge in [0.1, 0.15) is 12.7 Å². The molecule has 1 heterocycles. The van der Waals surface area contributed by atoms with E-state index in [1.807, 2.05) is 0 Å². The molecule has 1 unspecified atom stereocenters. The van der Waals surface area contributed by atoms with Crippen molar-refractivity contribution >= 4 is 29.8 Å². The van der Waals surface area contributed by atoms with Gasteiger partial charge in [-0.1, -0.05) is 0 Å². The summed E-state index contributed by atoms with van der Waals surface area (Å²) in [4.78, 5) is 66.2. The molecule has 0 aromatic heterocycles. The Kier molecular flexibility index (Phi) is 9.02. The summed E-state index contributed by atoms with van der Waals surface area (Å²) in [6.07, 6.45) is -8.64. The summed E-state index contributed by atoms with van der Waals surface area (Å²) in [6.45, 7) is 11.7. The Balaban J connectivity index is 3.96. The molecule has 0 N–H and O–H groups in total. The molecule has 0 bridgehead atoms. The second-order valence-corrected chi connectivity index (χ2v) is 14.1. The predicted molar refractivity (Wildman–Crippen MR) is 153 cm³/mol. The average molecular weight is 606 g/mol. The van der Waals surface area contributed by atoms with Crippen LogP contribution in [0, 0.1) is 27.1 Å². The van der Waals surface area contributed by atoms with Crippen LogP contribution in [0.4, 0.5) is 0 Å². The van der Waals surface area contributed by atoms with Crippen molar-refractivity contribution in [3.63, 3.8) is 0 Å². The molecule has 0 aromatic rings. The maximum atomic E-state index is 13.4. The Morgan fingerprint density at radius 2 is 0.857 bits per heavy atom. The van der Waals surface area contributed by atoms with Gasteiger partial charge < -0.3 is 28.4 Å².